The van der Waals surface area contributed by atoms with Crippen molar-refractivity contribution < 1.29 is 14.3 Å². The molecule has 1 amide bonds. The Kier molecular flexibility index (Phi) is 7.65. The number of methoxy groups -OCH3 is 1. The first kappa shape index (κ1) is 21.6. The Labute approximate surface area is 181 Å². The summed E-state index contributed by atoms with van der Waals surface area (Å²) < 4.78 is 11.1. The van der Waals surface area contributed by atoms with E-state index in [1.54, 1.807) is 19.4 Å². The van der Waals surface area contributed by atoms with E-state index >= 15 is 0 Å². The Hall–Kier alpha value is -3.09. The van der Waals surface area contributed by atoms with Crippen molar-refractivity contribution in [1.82, 2.24) is 10.3 Å². The van der Waals surface area contributed by atoms with Crippen molar-refractivity contribution in [3.05, 3.63) is 82.6 Å². The molecule has 0 saturated carbocycles. The number of aromatic nitrogens is 1. The van der Waals surface area contributed by atoms with Crippen molar-refractivity contribution in [1.29, 1.82) is 0 Å². The van der Waals surface area contributed by atoms with Crippen molar-refractivity contribution in [2.24, 2.45) is 0 Å². The summed E-state index contributed by atoms with van der Waals surface area (Å²) in [5, 5.41) is 6.65. The van der Waals surface area contributed by atoms with Gasteiger partial charge in [-0.3, -0.25) is 9.78 Å². The molecular weight excluding hydrogens is 402 g/mol. The number of amides is 1. The number of rotatable bonds is 9. The van der Waals surface area contributed by atoms with Crippen molar-refractivity contribution in [3.63, 3.8) is 0 Å². The second-order valence-corrected chi connectivity index (χ2v) is 7.17. The summed E-state index contributed by atoms with van der Waals surface area (Å²) in [6.07, 6.45) is 3.55. The van der Waals surface area contributed by atoms with Crippen LogP contribution < -0.4 is 20.1 Å². The minimum Gasteiger partial charge on any atom is -0.493 e. The van der Waals surface area contributed by atoms with Crippen LogP contribution in [0.15, 0.2) is 60.9 Å². The molecule has 0 spiro atoms. The van der Waals surface area contributed by atoms with Crippen LogP contribution in [0.3, 0.4) is 0 Å². The van der Waals surface area contributed by atoms with E-state index in [2.05, 4.69) is 15.6 Å². The predicted molar refractivity (Wildman–Crippen MR) is 118 cm³/mol. The van der Waals surface area contributed by atoms with Gasteiger partial charge in [-0.1, -0.05) is 35.4 Å². The molecule has 1 heterocycles. The SMILES string of the molecule is COc1cc(CNCc2cccnc2)c(Cl)cc1OCC(=O)Nc1ccc(C)cc1. The molecule has 0 radical (unpaired) electrons. The zero-order valence-corrected chi connectivity index (χ0v) is 17.7. The van der Waals surface area contributed by atoms with E-state index in [0.717, 1.165) is 16.7 Å². The topological polar surface area (TPSA) is 72.5 Å². The molecule has 0 saturated heterocycles. The van der Waals surface area contributed by atoms with Crippen molar-refractivity contribution in [2.75, 3.05) is 19.0 Å². The third-order valence-corrected chi connectivity index (χ3v) is 4.75. The summed E-state index contributed by atoms with van der Waals surface area (Å²) in [4.78, 5) is 16.3. The molecule has 0 fully saturated rings. The van der Waals surface area contributed by atoms with Crippen LogP contribution in [0.25, 0.3) is 0 Å². The molecule has 0 bridgehead atoms. The molecule has 2 N–H and O–H groups in total. The molecule has 0 aliphatic carbocycles. The third-order valence-electron chi connectivity index (χ3n) is 4.39. The van der Waals surface area contributed by atoms with E-state index in [1.807, 2.05) is 55.6 Å². The zero-order valence-electron chi connectivity index (χ0n) is 16.9. The van der Waals surface area contributed by atoms with Crippen LogP contribution in [-0.2, 0) is 17.9 Å². The maximum absolute atomic E-state index is 12.2. The van der Waals surface area contributed by atoms with Gasteiger partial charge in [0.15, 0.2) is 18.1 Å². The van der Waals surface area contributed by atoms with Gasteiger partial charge in [0.1, 0.15) is 0 Å². The largest absolute Gasteiger partial charge is 0.493 e. The number of hydrogen-bond acceptors (Lipinski definition) is 5. The average Bonchev–Trinajstić information content (AvgIpc) is 2.76. The van der Waals surface area contributed by atoms with Gasteiger partial charge in [0, 0.05) is 42.3 Å². The second kappa shape index (κ2) is 10.6. The van der Waals surface area contributed by atoms with Crippen molar-refractivity contribution >= 4 is 23.2 Å². The lowest BCUT2D eigenvalue weighted by Crippen LogP contribution is -2.20. The van der Waals surface area contributed by atoms with Crippen LogP contribution in [0.1, 0.15) is 16.7 Å². The summed E-state index contributed by atoms with van der Waals surface area (Å²) in [7, 11) is 1.55. The third kappa shape index (κ3) is 6.20. The van der Waals surface area contributed by atoms with E-state index in [0.29, 0.717) is 35.3 Å². The molecule has 7 heteroatoms. The number of pyridine rings is 1. The lowest BCUT2D eigenvalue weighted by Gasteiger charge is -2.14. The molecule has 6 nitrogen and oxygen atoms in total. The number of ether oxygens (including phenoxy) is 2. The van der Waals surface area contributed by atoms with E-state index in [1.165, 1.54) is 0 Å². The van der Waals surface area contributed by atoms with Crippen LogP contribution in [0.2, 0.25) is 5.02 Å². The van der Waals surface area contributed by atoms with Crippen LogP contribution in [0.5, 0.6) is 11.5 Å². The normalized spacial score (nSPS) is 10.5. The van der Waals surface area contributed by atoms with Crippen molar-refractivity contribution in [3.8, 4) is 11.5 Å². The fourth-order valence-electron chi connectivity index (χ4n) is 2.81. The van der Waals surface area contributed by atoms with Gasteiger partial charge in [0.25, 0.3) is 5.91 Å². The minimum absolute atomic E-state index is 0.154. The molecule has 1 aromatic heterocycles. The Balaban J connectivity index is 1.57. The highest BCUT2D eigenvalue weighted by molar-refractivity contribution is 6.31. The summed E-state index contributed by atoms with van der Waals surface area (Å²) in [5.74, 6) is 0.664. The highest BCUT2D eigenvalue weighted by Gasteiger charge is 2.12. The number of carbonyl (C=O) groups is 1. The number of benzene rings is 2. The fraction of sp³-hybridized carbons (Fsp3) is 0.217. The quantitative estimate of drug-likeness (QED) is 0.533. The van der Waals surface area contributed by atoms with Gasteiger partial charge in [-0.2, -0.15) is 0 Å². The van der Waals surface area contributed by atoms with Gasteiger partial charge in [-0.15, -0.1) is 0 Å². The smallest absolute Gasteiger partial charge is 0.262 e. The van der Waals surface area contributed by atoms with Crippen LogP contribution >= 0.6 is 11.6 Å². The Morgan fingerprint density at radius 1 is 1.10 bits per heavy atom. The van der Waals surface area contributed by atoms with Gasteiger partial charge in [-0.05, 0) is 42.3 Å². The number of carbonyl (C=O) groups excluding carboxylic acids is 1. The van der Waals surface area contributed by atoms with E-state index < -0.39 is 0 Å². The molecule has 0 aliphatic heterocycles. The van der Waals surface area contributed by atoms with Crippen LogP contribution in [-0.4, -0.2) is 24.6 Å². The van der Waals surface area contributed by atoms with Gasteiger partial charge in [0.2, 0.25) is 0 Å². The lowest BCUT2D eigenvalue weighted by atomic mass is 10.2. The van der Waals surface area contributed by atoms with Gasteiger partial charge >= 0.3 is 0 Å². The molecule has 30 heavy (non-hydrogen) atoms. The maximum Gasteiger partial charge on any atom is 0.262 e. The second-order valence-electron chi connectivity index (χ2n) is 6.76. The number of hydrogen-bond donors (Lipinski definition) is 2. The Bertz CT molecular complexity index is 979. The number of anilines is 1. The highest BCUT2D eigenvalue weighted by Crippen LogP contribution is 2.33. The summed E-state index contributed by atoms with van der Waals surface area (Å²) in [6, 6.07) is 14.9. The maximum atomic E-state index is 12.2. The molecule has 0 unspecified atom stereocenters. The van der Waals surface area contributed by atoms with Crippen LogP contribution in [0.4, 0.5) is 5.69 Å². The Morgan fingerprint density at radius 2 is 1.90 bits per heavy atom. The lowest BCUT2D eigenvalue weighted by molar-refractivity contribution is -0.118. The van der Waals surface area contributed by atoms with Gasteiger partial charge in [-0.25, -0.2) is 0 Å². The first-order valence-corrected chi connectivity index (χ1v) is 9.88. The molecule has 3 rings (SSSR count). The molecule has 2 aromatic carbocycles. The summed E-state index contributed by atoms with van der Waals surface area (Å²) in [5.41, 5.74) is 3.79. The van der Waals surface area contributed by atoms with Crippen LogP contribution in [0, 0.1) is 6.92 Å². The Morgan fingerprint density at radius 3 is 2.60 bits per heavy atom. The number of nitrogens with zero attached hydrogens (tertiary/aromatic N) is 1. The first-order chi connectivity index (χ1) is 14.5. The summed E-state index contributed by atoms with van der Waals surface area (Å²) >= 11 is 6.41. The molecule has 156 valence electrons. The number of halogens is 1. The average molecular weight is 426 g/mol. The number of nitrogens with one attached hydrogen (secondary N) is 2. The highest BCUT2D eigenvalue weighted by atomic mass is 35.5. The first-order valence-electron chi connectivity index (χ1n) is 9.50. The predicted octanol–water partition coefficient (Wildman–Crippen LogP) is 4.36. The fourth-order valence-corrected chi connectivity index (χ4v) is 3.03. The van der Waals surface area contributed by atoms with Gasteiger partial charge < -0.3 is 20.1 Å². The minimum atomic E-state index is -0.265. The standard InChI is InChI=1S/C23H24ClN3O3/c1-16-5-7-19(8-6-16)27-23(28)15-30-22-11-20(24)18(10-21(22)29-2)14-26-13-17-4-3-9-25-12-17/h3-12,26H,13-15H2,1-2H3,(H,27,28). The zero-order chi connectivity index (χ0) is 21.3. The van der Waals surface area contributed by atoms with Crippen molar-refractivity contribution in [2.45, 2.75) is 20.0 Å². The summed E-state index contributed by atoms with van der Waals surface area (Å²) in [6.45, 7) is 3.06. The number of aryl methyl sites for hydroxylation is 1. The van der Waals surface area contributed by atoms with E-state index in [4.69, 9.17) is 21.1 Å². The molecular formula is C23H24ClN3O3. The molecule has 0 atom stereocenters. The van der Waals surface area contributed by atoms with E-state index in [-0.39, 0.29) is 12.5 Å². The molecule has 0 aliphatic rings. The molecule has 3 aromatic rings. The monoisotopic (exact) mass is 425 g/mol. The van der Waals surface area contributed by atoms with Gasteiger partial charge in [0.05, 0.1) is 7.11 Å². The van der Waals surface area contributed by atoms with E-state index in [9.17, 15) is 4.79 Å².